The molecular formula is C40H64N2O11. The molecule has 3 heterocycles. The van der Waals surface area contributed by atoms with Gasteiger partial charge in [0, 0.05) is 57.0 Å². The summed E-state index contributed by atoms with van der Waals surface area (Å²) in [6.45, 7) is 18.0. The Morgan fingerprint density at radius 1 is 1.13 bits per heavy atom. The van der Waals surface area contributed by atoms with E-state index in [2.05, 4.69) is 16.5 Å². The second-order valence-corrected chi connectivity index (χ2v) is 15.6. The second kappa shape index (κ2) is 19.2. The van der Waals surface area contributed by atoms with E-state index in [4.69, 9.17) is 28.4 Å². The van der Waals surface area contributed by atoms with E-state index >= 15 is 0 Å². The summed E-state index contributed by atoms with van der Waals surface area (Å²) in [6.07, 6.45) is -0.775. The molecule has 2 saturated heterocycles. The minimum absolute atomic E-state index is 0.111. The average Bonchev–Trinajstić information content (AvgIpc) is 3.12. The third-order valence-corrected chi connectivity index (χ3v) is 11.4. The molecule has 0 amide bonds. The number of cyclic esters (lactones) is 1. The molecule has 300 valence electrons. The molecule has 1 aromatic rings. The smallest absolute Gasteiger partial charge is 0.312 e. The van der Waals surface area contributed by atoms with Crippen LogP contribution in [-0.4, -0.2) is 126 Å². The first kappa shape index (κ1) is 44.6. The maximum atomic E-state index is 14.1. The van der Waals surface area contributed by atoms with Crippen molar-refractivity contribution in [3.05, 3.63) is 42.7 Å². The second-order valence-electron chi connectivity index (χ2n) is 15.6. The molecule has 2 aliphatic rings. The maximum absolute atomic E-state index is 14.1. The number of nitrogens with zero attached hydrogens (tertiary/aromatic N) is 2. The summed E-state index contributed by atoms with van der Waals surface area (Å²) in [5, 5.41) is 23.0. The Morgan fingerprint density at radius 2 is 1.81 bits per heavy atom. The molecule has 53 heavy (non-hydrogen) atoms. The van der Waals surface area contributed by atoms with E-state index < -0.39 is 83.6 Å². The molecule has 0 saturated carbocycles. The Kier molecular flexibility index (Phi) is 16.2. The number of hydrogen-bond donors (Lipinski definition) is 2. The lowest BCUT2D eigenvalue weighted by atomic mass is 9.74. The highest BCUT2D eigenvalue weighted by atomic mass is 16.7. The van der Waals surface area contributed by atoms with Gasteiger partial charge in [0.05, 0.1) is 36.3 Å². The fourth-order valence-corrected chi connectivity index (χ4v) is 8.16. The molecule has 0 bridgehead atoms. The highest BCUT2D eigenvalue weighted by Crippen LogP contribution is 2.40. The van der Waals surface area contributed by atoms with Crippen molar-refractivity contribution in [1.29, 1.82) is 0 Å². The molecular weight excluding hydrogens is 684 g/mol. The van der Waals surface area contributed by atoms with Crippen LogP contribution in [0.1, 0.15) is 80.2 Å². The average molecular weight is 749 g/mol. The molecule has 0 aliphatic carbocycles. The summed E-state index contributed by atoms with van der Waals surface area (Å²) in [7, 11) is 5.08. The first-order chi connectivity index (χ1) is 24.9. The number of likely N-dealkylation sites (N-methyl/N-ethyl adjacent to an activating group) is 1. The quantitative estimate of drug-likeness (QED) is 0.248. The van der Waals surface area contributed by atoms with Crippen molar-refractivity contribution >= 4 is 17.7 Å². The van der Waals surface area contributed by atoms with E-state index in [9.17, 15) is 24.6 Å². The van der Waals surface area contributed by atoms with Gasteiger partial charge in [-0.1, -0.05) is 39.8 Å². The normalized spacial score (nSPS) is 39.2. The Bertz CT molecular complexity index is 1360. The largest absolute Gasteiger partial charge is 0.461 e. The van der Waals surface area contributed by atoms with Crippen molar-refractivity contribution in [1.82, 2.24) is 9.88 Å². The van der Waals surface area contributed by atoms with Crippen LogP contribution in [0.15, 0.2) is 37.2 Å². The van der Waals surface area contributed by atoms with Crippen LogP contribution in [0.3, 0.4) is 0 Å². The van der Waals surface area contributed by atoms with Crippen molar-refractivity contribution < 1.29 is 53.0 Å². The molecule has 1 aromatic heterocycles. The third-order valence-electron chi connectivity index (χ3n) is 11.4. The maximum Gasteiger partial charge on any atom is 0.312 e. The third kappa shape index (κ3) is 10.5. The Balaban J connectivity index is 2.21. The van der Waals surface area contributed by atoms with Gasteiger partial charge in [0.15, 0.2) is 6.29 Å². The predicted octanol–water partition coefficient (Wildman–Crippen LogP) is 3.91. The number of aliphatic hydroxyl groups excluding tert-OH is 1. The summed E-state index contributed by atoms with van der Waals surface area (Å²) in [5.74, 6) is -5.24. The summed E-state index contributed by atoms with van der Waals surface area (Å²) in [5.41, 5.74) is -2.60. The number of hydrogen-bond acceptors (Lipinski definition) is 13. The van der Waals surface area contributed by atoms with Gasteiger partial charge in [-0.25, -0.2) is 0 Å². The highest BCUT2D eigenvalue weighted by molar-refractivity contribution is 5.83. The number of aromatic nitrogens is 1. The molecule has 14 atom stereocenters. The fraction of sp³-hybridized carbons (Fsp3) is 0.750. The van der Waals surface area contributed by atoms with E-state index in [0.717, 1.165) is 0 Å². The van der Waals surface area contributed by atoms with Crippen LogP contribution in [0.5, 0.6) is 0 Å². The van der Waals surface area contributed by atoms with Crippen LogP contribution in [-0.2, 0) is 49.2 Å². The SMILES string of the molecule is C=CCN(C)[C@@H]1C[C@H](C)OC(O[C@@H]2[C@@H](C)[C@H](OC(=O)Cc3cccnc3)[C@@H](C)C(=O)O[C@H](CC)[C@@](C)(O)[C@H](O)[C@H](C)C(=O)[C@H](C)C[C@@]2(C)OC)[C@H]1OC. The molecule has 2 N–H and O–H groups in total. The zero-order chi connectivity index (χ0) is 39.8. The number of rotatable bonds is 11. The zero-order valence-electron chi connectivity index (χ0n) is 33.5. The summed E-state index contributed by atoms with van der Waals surface area (Å²) >= 11 is 0. The number of carbonyl (C=O) groups is 3. The molecule has 0 aromatic carbocycles. The van der Waals surface area contributed by atoms with Crippen molar-refractivity contribution in [3.63, 3.8) is 0 Å². The van der Waals surface area contributed by atoms with Crippen molar-refractivity contribution in [3.8, 4) is 0 Å². The fourth-order valence-electron chi connectivity index (χ4n) is 8.16. The van der Waals surface area contributed by atoms with E-state index in [1.807, 2.05) is 20.0 Å². The highest BCUT2D eigenvalue weighted by Gasteiger charge is 2.53. The molecule has 0 spiro atoms. The van der Waals surface area contributed by atoms with Gasteiger partial charge in [0.25, 0.3) is 0 Å². The Hall–Kier alpha value is -2.78. The van der Waals surface area contributed by atoms with Crippen LogP contribution in [0.4, 0.5) is 0 Å². The van der Waals surface area contributed by atoms with E-state index in [1.54, 1.807) is 73.2 Å². The molecule has 13 heteroatoms. The number of aliphatic hydroxyl groups is 2. The number of pyridine rings is 1. The number of methoxy groups -OCH3 is 2. The van der Waals surface area contributed by atoms with Gasteiger partial charge in [0.2, 0.25) is 0 Å². The lowest BCUT2D eigenvalue weighted by molar-refractivity contribution is -0.305. The summed E-state index contributed by atoms with van der Waals surface area (Å²) in [6, 6.07) is 3.35. The van der Waals surface area contributed by atoms with Crippen LogP contribution in [0, 0.1) is 23.7 Å². The Morgan fingerprint density at radius 3 is 2.38 bits per heavy atom. The van der Waals surface area contributed by atoms with Gasteiger partial charge in [-0.2, -0.15) is 0 Å². The molecule has 0 radical (unpaired) electrons. The van der Waals surface area contributed by atoms with Crippen LogP contribution in [0.2, 0.25) is 0 Å². The van der Waals surface area contributed by atoms with Crippen LogP contribution in [0.25, 0.3) is 0 Å². The standard InChI is InChI=1S/C40H64N2O11/c1-13-18-42(10)29-19-24(4)50-38(34(29)48-11)53-36-26(6)33(52-31(43)20-28-16-15-17-41-22-28)27(7)37(46)51-30(14-2)40(9,47)35(45)25(5)32(44)23(3)21-39(36,8)49-12/h13,15-17,22-27,29-30,33-36,38,45,47H,1,14,18-21H2,2-12H3/t23-,24+,25-,26+,27-,29-,30-,33+,34+,35-,36-,38?,39-,40-/m1/s1. The predicted molar refractivity (Wildman–Crippen MR) is 198 cm³/mol. The number of Topliss-reactive ketones (excluding diaryl/α,β-unsaturated/α-hetero) is 1. The van der Waals surface area contributed by atoms with E-state index in [0.29, 0.717) is 18.5 Å². The van der Waals surface area contributed by atoms with E-state index in [1.165, 1.54) is 14.0 Å². The monoisotopic (exact) mass is 748 g/mol. The van der Waals surface area contributed by atoms with Crippen molar-refractivity contribution in [2.45, 2.75) is 141 Å². The lowest BCUT2D eigenvalue weighted by Crippen LogP contribution is -2.61. The van der Waals surface area contributed by atoms with Gasteiger partial charge < -0.3 is 38.6 Å². The number of ether oxygens (including phenoxy) is 6. The first-order valence-electron chi connectivity index (χ1n) is 18.8. The summed E-state index contributed by atoms with van der Waals surface area (Å²) in [4.78, 5) is 48.0. The van der Waals surface area contributed by atoms with Gasteiger partial charge >= 0.3 is 11.9 Å². The first-order valence-corrected chi connectivity index (χ1v) is 18.8. The van der Waals surface area contributed by atoms with Gasteiger partial charge in [-0.15, -0.1) is 6.58 Å². The zero-order valence-corrected chi connectivity index (χ0v) is 33.5. The van der Waals surface area contributed by atoms with Gasteiger partial charge in [-0.3, -0.25) is 24.3 Å². The van der Waals surface area contributed by atoms with E-state index in [-0.39, 0.29) is 37.2 Å². The summed E-state index contributed by atoms with van der Waals surface area (Å²) < 4.78 is 37.8. The number of ketones is 1. The Labute approximate surface area is 315 Å². The lowest BCUT2D eigenvalue weighted by Gasteiger charge is -2.49. The van der Waals surface area contributed by atoms with Crippen molar-refractivity contribution in [2.24, 2.45) is 23.7 Å². The minimum atomic E-state index is -1.98. The molecule has 3 rings (SSSR count). The number of carbonyl (C=O) groups excluding carboxylic acids is 3. The molecule has 2 fully saturated rings. The topological polar surface area (TPSA) is 163 Å². The van der Waals surface area contributed by atoms with Crippen LogP contribution >= 0.6 is 0 Å². The minimum Gasteiger partial charge on any atom is -0.461 e. The molecule has 13 nitrogen and oxygen atoms in total. The number of esters is 2. The molecule has 2 aliphatic heterocycles. The van der Waals surface area contributed by atoms with Gasteiger partial charge in [0.1, 0.15) is 29.7 Å². The molecule has 1 unspecified atom stereocenters. The van der Waals surface area contributed by atoms with Crippen LogP contribution < -0.4 is 0 Å². The van der Waals surface area contributed by atoms with Crippen molar-refractivity contribution in [2.75, 3.05) is 27.8 Å². The van der Waals surface area contributed by atoms with Gasteiger partial charge in [-0.05, 0) is 65.6 Å².